The molecule has 0 unspecified atom stereocenters. The molecule has 0 radical (unpaired) electrons. The lowest BCUT2D eigenvalue weighted by Gasteiger charge is -2.10. The van der Waals surface area contributed by atoms with Gasteiger partial charge in [-0.1, -0.05) is 42.5 Å². The van der Waals surface area contributed by atoms with Crippen molar-refractivity contribution in [1.29, 1.82) is 0 Å². The summed E-state index contributed by atoms with van der Waals surface area (Å²) < 4.78 is 18.7. The standard InChI is InChI=1S/C20H18FNO/c21-18-9-11-19(12-10-18)22-14-17-7-4-8-20(13-17)23-15-16-5-2-1-3-6-16/h1-13,22H,14-15H2. The van der Waals surface area contributed by atoms with Crippen LogP contribution in [-0.4, -0.2) is 0 Å². The maximum Gasteiger partial charge on any atom is 0.123 e. The van der Waals surface area contributed by atoms with Gasteiger partial charge in [-0.3, -0.25) is 0 Å². The Bertz CT molecular complexity index is 741. The van der Waals surface area contributed by atoms with Crippen LogP contribution in [0, 0.1) is 5.82 Å². The lowest BCUT2D eigenvalue weighted by atomic mass is 10.2. The maximum absolute atomic E-state index is 12.9. The van der Waals surface area contributed by atoms with E-state index in [1.165, 1.54) is 12.1 Å². The smallest absolute Gasteiger partial charge is 0.123 e. The summed E-state index contributed by atoms with van der Waals surface area (Å²) in [4.78, 5) is 0. The molecule has 0 bridgehead atoms. The van der Waals surface area contributed by atoms with E-state index in [1.54, 1.807) is 12.1 Å². The summed E-state index contributed by atoms with van der Waals surface area (Å²) in [7, 11) is 0. The minimum Gasteiger partial charge on any atom is -0.489 e. The topological polar surface area (TPSA) is 21.3 Å². The highest BCUT2D eigenvalue weighted by Crippen LogP contribution is 2.17. The summed E-state index contributed by atoms with van der Waals surface area (Å²) in [6.45, 7) is 1.21. The molecule has 0 spiro atoms. The minimum atomic E-state index is -0.230. The van der Waals surface area contributed by atoms with Gasteiger partial charge >= 0.3 is 0 Å². The third-order valence-corrected chi connectivity index (χ3v) is 3.49. The van der Waals surface area contributed by atoms with Gasteiger partial charge in [0.15, 0.2) is 0 Å². The first kappa shape index (κ1) is 15.1. The van der Waals surface area contributed by atoms with E-state index in [4.69, 9.17) is 4.74 Å². The normalized spacial score (nSPS) is 10.3. The van der Waals surface area contributed by atoms with Crippen LogP contribution in [0.25, 0.3) is 0 Å². The lowest BCUT2D eigenvalue weighted by Crippen LogP contribution is -2.00. The number of benzene rings is 3. The molecule has 0 amide bonds. The zero-order valence-corrected chi connectivity index (χ0v) is 12.7. The van der Waals surface area contributed by atoms with Gasteiger partial charge in [0.2, 0.25) is 0 Å². The average molecular weight is 307 g/mol. The van der Waals surface area contributed by atoms with E-state index in [0.29, 0.717) is 13.2 Å². The highest BCUT2D eigenvalue weighted by atomic mass is 19.1. The van der Waals surface area contributed by atoms with Crippen molar-refractivity contribution in [3.63, 3.8) is 0 Å². The molecule has 23 heavy (non-hydrogen) atoms. The third-order valence-electron chi connectivity index (χ3n) is 3.49. The first-order valence-electron chi connectivity index (χ1n) is 7.55. The van der Waals surface area contributed by atoms with Gasteiger partial charge in [0.25, 0.3) is 0 Å². The Morgan fingerprint density at radius 3 is 2.30 bits per heavy atom. The van der Waals surface area contributed by atoms with Crippen molar-refractivity contribution in [2.45, 2.75) is 13.2 Å². The number of anilines is 1. The van der Waals surface area contributed by atoms with E-state index in [-0.39, 0.29) is 5.82 Å². The van der Waals surface area contributed by atoms with Crippen LogP contribution in [0.3, 0.4) is 0 Å². The predicted molar refractivity (Wildman–Crippen MR) is 90.9 cm³/mol. The molecule has 0 aliphatic rings. The molecule has 0 saturated carbocycles. The fraction of sp³-hybridized carbons (Fsp3) is 0.100. The van der Waals surface area contributed by atoms with E-state index in [0.717, 1.165) is 22.6 Å². The molecule has 1 N–H and O–H groups in total. The second kappa shape index (κ2) is 7.45. The Hall–Kier alpha value is -2.81. The van der Waals surface area contributed by atoms with E-state index in [2.05, 4.69) is 5.32 Å². The molecule has 3 heteroatoms. The van der Waals surface area contributed by atoms with Crippen molar-refractivity contribution in [3.05, 3.63) is 95.8 Å². The van der Waals surface area contributed by atoms with Crippen LogP contribution in [-0.2, 0) is 13.2 Å². The van der Waals surface area contributed by atoms with E-state index >= 15 is 0 Å². The van der Waals surface area contributed by atoms with Gasteiger partial charge < -0.3 is 10.1 Å². The number of nitrogens with one attached hydrogen (secondary N) is 1. The summed E-state index contributed by atoms with van der Waals surface area (Å²) in [6, 6.07) is 24.4. The summed E-state index contributed by atoms with van der Waals surface area (Å²) in [5.74, 6) is 0.610. The molecular weight excluding hydrogens is 289 g/mol. The van der Waals surface area contributed by atoms with Crippen LogP contribution in [0.2, 0.25) is 0 Å². The SMILES string of the molecule is Fc1ccc(NCc2cccc(OCc3ccccc3)c2)cc1. The molecule has 0 aliphatic carbocycles. The van der Waals surface area contributed by atoms with Gasteiger partial charge in [0.1, 0.15) is 18.2 Å². The van der Waals surface area contributed by atoms with Gasteiger partial charge in [-0.05, 0) is 47.5 Å². The molecule has 0 atom stereocenters. The van der Waals surface area contributed by atoms with Crippen LogP contribution in [0.5, 0.6) is 5.75 Å². The van der Waals surface area contributed by atoms with E-state index < -0.39 is 0 Å². The third kappa shape index (κ3) is 4.58. The molecule has 3 aromatic carbocycles. The molecule has 2 nitrogen and oxygen atoms in total. The molecule has 3 rings (SSSR count). The van der Waals surface area contributed by atoms with Crippen molar-refractivity contribution in [3.8, 4) is 5.75 Å². The zero-order chi connectivity index (χ0) is 15.9. The molecule has 0 saturated heterocycles. The number of hydrogen-bond donors (Lipinski definition) is 1. The largest absolute Gasteiger partial charge is 0.489 e. The summed E-state index contributed by atoms with van der Waals surface area (Å²) in [5, 5.41) is 3.27. The van der Waals surface area contributed by atoms with Crippen LogP contribution in [0.1, 0.15) is 11.1 Å². The minimum absolute atomic E-state index is 0.230. The number of rotatable bonds is 6. The van der Waals surface area contributed by atoms with E-state index in [1.807, 2.05) is 54.6 Å². The molecular formula is C20H18FNO. The Kier molecular flexibility index (Phi) is 4.89. The highest BCUT2D eigenvalue weighted by molar-refractivity contribution is 5.44. The highest BCUT2D eigenvalue weighted by Gasteiger charge is 1.99. The zero-order valence-electron chi connectivity index (χ0n) is 12.7. The van der Waals surface area contributed by atoms with E-state index in [9.17, 15) is 4.39 Å². The van der Waals surface area contributed by atoms with Crippen LogP contribution in [0.4, 0.5) is 10.1 Å². The molecule has 116 valence electrons. The quantitative estimate of drug-likeness (QED) is 0.690. The summed E-state index contributed by atoms with van der Waals surface area (Å²) >= 11 is 0. The van der Waals surface area contributed by atoms with Gasteiger partial charge in [0, 0.05) is 12.2 Å². The fourth-order valence-electron chi connectivity index (χ4n) is 2.26. The Morgan fingerprint density at radius 2 is 1.52 bits per heavy atom. The lowest BCUT2D eigenvalue weighted by molar-refractivity contribution is 0.306. The number of halogens is 1. The van der Waals surface area contributed by atoms with Crippen LogP contribution < -0.4 is 10.1 Å². The number of hydrogen-bond acceptors (Lipinski definition) is 2. The molecule has 3 aromatic rings. The summed E-state index contributed by atoms with van der Waals surface area (Å²) in [5.41, 5.74) is 3.14. The van der Waals surface area contributed by atoms with Gasteiger partial charge in [0.05, 0.1) is 0 Å². The van der Waals surface area contributed by atoms with Crippen molar-refractivity contribution < 1.29 is 9.13 Å². The number of ether oxygens (including phenoxy) is 1. The van der Waals surface area contributed by atoms with Crippen molar-refractivity contribution in [1.82, 2.24) is 0 Å². The molecule has 0 heterocycles. The van der Waals surface area contributed by atoms with Crippen molar-refractivity contribution in [2.24, 2.45) is 0 Å². The Balaban J connectivity index is 1.57. The predicted octanol–water partition coefficient (Wildman–Crippen LogP) is 5.02. The first-order valence-corrected chi connectivity index (χ1v) is 7.55. The average Bonchev–Trinajstić information content (AvgIpc) is 2.61. The van der Waals surface area contributed by atoms with Crippen LogP contribution in [0.15, 0.2) is 78.9 Å². The van der Waals surface area contributed by atoms with Crippen LogP contribution >= 0.6 is 0 Å². The van der Waals surface area contributed by atoms with Gasteiger partial charge in [-0.15, -0.1) is 0 Å². The van der Waals surface area contributed by atoms with Gasteiger partial charge in [-0.2, -0.15) is 0 Å². The first-order chi connectivity index (χ1) is 11.3. The molecule has 0 aliphatic heterocycles. The Morgan fingerprint density at radius 1 is 0.783 bits per heavy atom. The maximum atomic E-state index is 12.9. The van der Waals surface area contributed by atoms with Gasteiger partial charge in [-0.25, -0.2) is 4.39 Å². The molecule has 0 fully saturated rings. The van der Waals surface area contributed by atoms with Crippen molar-refractivity contribution >= 4 is 5.69 Å². The second-order valence-corrected chi connectivity index (χ2v) is 5.28. The fourth-order valence-corrected chi connectivity index (χ4v) is 2.26. The summed E-state index contributed by atoms with van der Waals surface area (Å²) in [6.07, 6.45) is 0. The second-order valence-electron chi connectivity index (χ2n) is 5.28. The molecule has 0 aromatic heterocycles. The van der Waals surface area contributed by atoms with Crippen molar-refractivity contribution in [2.75, 3.05) is 5.32 Å². The monoisotopic (exact) mass is 307 g/mol. The Labute approximate surface area is 135 Å².